The summed E-state index contributed by atoms with van der Waals surface area (Å²) in [5.74, 6) is 1.14. The molecule has 0 radical (unpaired) electrons. The first-order chi connectivity index (χ1) is 10.2. The van der Waals surface area contributed by atoms with Crippen molar-refractivity contribution in [2.45, 2.75) is 40.7 Å². The van der Waals surface area contributed by atoms with Gasteiger partial charge >= 0.3 is 0 Å². The molecule has 1 aromatic rings. The minimum Gasteiger partial charge on any atom is -0.357 e. The molecule has 1 aromatic heterocycles. The Labute approximate surface area is 130 Å². The second-order valence-corrected chi connectivity index (χ2v) is 5.47. The van der Waals surface area contributed by atoms with Gasteiger partial charge in [0, 0.05) is 25.8 Å². The van der Waals surface area contributed by atoms with Gasteiger partial charge in [0.15, 0.2) is 0 Å². The molecule has 0 amide bonds. The summed E-state index contributed by atoms with van der Waals surface area (Å²) < 4.78 is 0. The Balaban J connectivity index is 2.63. The maximum Gasteiger partial charge on any atom is 0.131 e. The molecule has 1 N–H and O–H groups in total. The average molecular weight is 292 g/mol. The van der Waals surface area contributed by atoms with Crippen molar-refractivity contribution in [2.75, 3.05) is 44.7 Å². The van der Waals surface area contributed by atoms with Gasteiger partial charge < -0.3 is 15.1 Å². The monoisotopic (exact) mass is 292 g/mol. The van der Waals surface area contributed by atoms with Crippen molar-refractivity contribution in [3.05, 3.63) is 23.4 Å². The normalized spacial score (nSPS) is 11.1. The van der Waals surface area contributed by atoms with Gasteiger partial charge in [0.05, 0.1) is 0 Å². The highest BCUT2D eigenvalue weighted by Gasteiger charge is 2.10. The Morgan fingerprint density at radius 1 is 1.10 bits per heavy atom. The lowest BCUT2D eigenvalue weighted by molar-refractivity contribution is 0.300. The van der Waals surface area contributed by atoms with Crippen molar-refractivity contribution in [2.24, 2.45) is 0 Å². The van der Waals surface area contributed by atoms with Gasteiger partial charge in [0.25, 0.3) is 0 Å². The molecule has 4 heteroatoms. The fraction of sp³-hybridized carbons (Fsp3) is 0.706. The third kappa shape index (κ3) is 5.64. The second kappa shape index (κ2) is 9.74. The van der Waals surface area contributed by atoms with Gasteiger partial charge in [-0.1, -0.05) is 13.8 Å². The van der Waals surface area contributed by atoms with Crippen LogP contribution in [-0.4, -0.2) is 49.7 Å². The van der Waals surface area contributed by atoms with Gasteiger partial charge in [-0.15, -0.1) is 0 Å². The fourth-order valence-electron chi connectivity index (χ4n) is 2.70. The number of hydrogen-bond acceptors (Lipinski definition) is 4. The zero-order valence-corrected chi connectivity index (χ0v) is 14.4. The molecule has 21 heavy (non-hydrogen) atoms. The van der Waals surface area contributed by atoms with Gasteiger partial charge in [-0.25, -0.2) is 4.98 Å². The molecule has 0 saturated carbocycles. The number of aromatic nitrogens is 1. The van der Waals surface area contributed by atoms with Crippen LogP contribution in [0.2, 0.25) is 0 Å². The molecule has 0 saturated heterocycles. The first-order valence-corrected chi connectivity index (χ1v) is 8.23. The highest BCUT2D eigenvalue weighted by atomic mass is 15.2. The maximum atomic E-state index is 4.68. The zero-order valence-electron chi connectivity index (χ0n) is 14.4. The van der Waals surface area contributed by atoms with Crippen molar-refractivity contribution in [1.82, 2.24) is 15.2 Å². The Hall–Kier alpha value is -1.13. The third-order valence-corrected chi connectivity index (χ3v) is 3.97. The standard InChI is InChI=1S/C17H32N4/c1-6-20(7-2)10-9-11-21(8-3)17-15(4)12-16(13-18-5)14-19-17/h12,14,18H,6-11,13H2,1-5H3. The number of pyridine rings is 1. The third-order valence-electron chi connectivity index (χ3n) is 3.97. The summed E-state index contributed by atoms with van der Waals surface area (Å²) in [5, 5.41) is 3.17. The molecule has 1 rings (SSSR count). The van der Waals surface area contributed by atoms with E-state index in [9.17, 15) is 0 Å². The molecular weight excluding hydrogens is 260 g/mol. The van der Waals surface area contributed by atoms with Crippen LogP contribution in [0.4, 0.5) is 5.82 Å². The molecule has 0 fully saturated rings. The Bertz CT molecular complexity index is 402. The number of rotatable bonds is 10. The lowest BCUT2D eigenvalue weighted by Gasteiger charge is -2.26. The number of anilines is 1. The van der Waals surface area contributed by atoms with Gasteiger partial charge in [-0.05, 0) is 64.1 Å². The number of hydrogen-bond donors (Lipinski definition) is 1. The van der Waals surface area contributed by atoms with E-state index in [2.05, 4.69) is 53.9 Å². The van der Waals surface area contributed by atoms with E-state index < -0.39 is 0 Å². The van der Waals surface area contributed by atoms with Crippen LogP contribution >= 0.6 is 0 Å². The van der Waals surface area contributed by atoms with Crippen LogP contribution in [0.25, 0.3) is 0 Å². The highest BCUT2D eigenvalue weighted by Crippen LogP contribution is 2.18. The van der Waals surface area contributed by atoms with Crippen molar-refractivity contribution in [3.8, 4) is 0 Å². The molecule has 120 valence electrons. The molecule has 0 aliphatic heterocycles. The number of nitrogens with one attached hydrogen (secondary N) is 1. The predicted octanol–water partition coefficient (Wildman–Crippen LogP) is 2.67. The maximum absolute atomic E-state index is 4.68. The predicted molar refractivity (Wildman–Crippen MR) is 92.0 cm³/mol. The summed E-state index contributed by atoms with van der Waals surface area (Å²) in [6.07, 6.45) is 3.18. The lowest BCUT2D eigenvalue weighted by Crippen LogP contribution is -2.30. The first-order valence-electron chi connectivity index (χ1n) is 8.23. The molecule has 0 bridgehead atoms. The van der Waals surface area contributed by atoms with E-state index in [1.165, 1.54) is 24.1 Å². The summed E-state index contributed by atoms with van der Waals surface area (Å²) in [6.45, 7) is 15.2. The van der Waals surface area contributed by atoms with Gasteiger partial charge in [-0.3, -0.25) is 0 Å². The van der Waals surface area contributed by atoms with E-state index in [-0.39, 0.29) is 0 Å². The van der Waals surface area contributed by atoms with E-state index >= 15 is 0 Å². The SMILES string of the molecule is CCN(CC)CCCN(CC)c1ncc(CNC)cc1C. The van der Waals surface area contributed by atoms with E-state index in [1.807, 2.05) is 13.2 Å². The second-order valence-electron chi connectivity index (χ2n) is 5.47. The molecular formula is C17H32N4. The summed E-state index contributed by atoms with van der Waals surface area (Å²) >= 11 is 0. The van der Waals surface area contributed by atoms with Gasteiger partial charge in [-0.2, -0.15) is 0 Å². The summed E-state index contributed by atoms with van der Waals surface area (Å²) in [6, 6.07) is 2.24. The van der Waals surface area contributed by atoms with Crippen molar-refractivity contribution >= 4 is 5.82 Å². The molecule has 0 aliphatic carbocycles. The van der Waals surface area contributed by atoms with E-state index in [0.717, 1.165) is 38.5 Å². The van der Waals surface area contributed by atoms with Crippen LogP contribution in [0.3, 0.4) is 0 Å². The van der Waals surface area contributed by atoms with E-state index in [4.69, 9.17) is 0 Å². The molecule has 4 nitrogen and oxygen atoms in total. The molecule has 0 spiro atoms. The van der Waals surface area contributed by atoms with Crippen LogP contribution in [0, 0.1) is 6.92 Å². The van der Waals surface area contributed by atoms with Crippen LogP contribution in [0.1, 0.15) is 38.3 Å². The van der Waals surface area contributed by atoms with Crippen LogP contribution < -0.4 is 10.2 Å². The van der Waals surface area contributed by atoms with Crippen LogP contribution in [0.5, 0.6) is 0 Å². The van der Waals surface area contributed by atoms with Crippen molar-refractivity contribution in [1.29, 1.82) is 0 Å². The molecule has 0 atom stereocenters. The minimum absolute atomic E-state index is 0.877. The van der Waals surface area contributed by atoms with E-state index in [0.29, 0.717) is 0 Å². The summed E-state index contributed by atoms with van der Waals surface area (Å²) in [5.41, 5.74) is 2.52. The summed E-state index contributed by atoms with van der Waals surface area (Å²) in [7, 11) is 1.97. The lowest BCUT2D eigenvalue weighted by atomic mass is 10.2. The number of nitrogens with zero attached hydrogens (tertiary/aromatic N) is 3. The Kier molecular flexibility index (Phi) is 8.31. The van der Waals surface area contributed by atoms with Gasteiger partial charge in [0.2, 0.25) is 0 Å². The smallest absolute Gasteiger partial charge is 0.131 e. The zero-order chi connectivity index (χ0) is 15.7. The molecule has 0 aromatic carbocycles. The van der Waals surface area contributed by atoms with E-state index in [1.54, 1.807) is 0 Å². The summed E-state index contributed by atoms with van der Waals surface area (Å²) in [4.78, 5) is 9.55. The van der Waals surface area contributed by atoms with Crippen LogP contribution in [0.15, 0.2) is 12.3 Å². The average Bonchev–Trinajstić information content (AvgIpc) is 2.49. The quantitative estimate of drug-likeness (QED) is 0.718. The van der Waals surface area contributed by atoms with Crippen molar-refractivity contribution < 1.29 is 0 Å². The number of aryl methyl sites for hydroxylation is 1. The minimum atomic E-state index is 0.877. The highest BCUT2D eigenvalue weighted by molar-refractivity contribution is 5.47. The molecule has 0 unspecified atom stereocenters. The topological polar surface area (TPSA) is 31.4 Å². The molecule has 1 heterocycles. The van der Waals surface area contributed by atoms with Crippen LogP contribution in [-0.2, 0) is 6.54 Å². The van der Waals surface area contributed by atoms with Crippen molar-refractivity contribution in [3.63, 3.8) is 0 Å². The first kappa shape index (κ1) is 17.9. The largest absolute Gasteiger partial charge is 0.357 e. The van der Waals surface area contributed by atoms with Gasteiger partial charge in [0.1, 0.15) is 5.82 Å². The Morgan fingerprint density at radius 2 is 1.81 bits per heavy atom. The molecule has 0 aliphatic rings. The fourth-order valence-corrected chi connectivity index (χ4v) is 2.70. The Morgan fingerprint density at radius 3 is 2.33 bits per heavy atom.